The fraction of sp³-hybridized carbons (Fsp3) is 0.238. The number of methoxy groups -OCH3 is 1. The zero-order valence-corrected chi connectivity index (χ0v) is 15.2. The Morgan fingerprint density at radius 1 is 1.00 bits per heavy atom. The van der Waals surface area contributed by atoms with Crippen LogP contribution in [-0.2, 0) is 0 Å². The summed E-state index contributed by atoms with van der Waals surface area (Å²) in [5, 5.41) is 4.04. The number of rotatable bonds is 4. The van der Waals surface area contributed by atoms with Crippen LogP contribution in [0.1, 0.15) is 10.4 Å². The molecule has 1 aliphatic heterocycles. The van der Waals surface area contributed by atoms with E-state index in [1.165, 1.54) is 6.26 Å². The maximum absolute atomic E-state index is 13.0. The number of anilines is 1. The molecule has 1 aromatic heterocycles. The summed E-state index contributed by atoms with van der Waals surface area (Å²) >= 11 is 0. The molecule has 3 aromatic rings. The van der Waals surface area contributed by atoms with Gasteiger partial charge in [-0.15, -0.1) is 0 Å². The Balaban J connectivity index is 1.48. The van der Waals surface area contributed by atoms with Crippen LogP contribution < -0.4 is 9.64 Å². The van der Waals surface area contributed by atoms with Crippen molar-refractivity contribution in [3.8, 4) is 17.0 Å². The van der Waals surface area contributed by atoms with Gasteiger partial charge >= 0.3 is 0 Å². The van der Waals surface area contributed by atoms with Gasteiger partial charge in [-0.05, 0) is 12.1 Å². The lowest BCUT2D eigenvalue weighted by atomic mass is 10.1. The van der Waals surface area contributed by atoms with Crippen LogP contribution in [0, 0.1) is 0 Å². The number of hydrogen-bond acceptors (Lipinski definition) is 5. The van der Waals surface area contributed by atoms with Crippen molar-refractivity contribution in [2.75, 3.05) is 38.2 Å². The first kappa shape index (κ1) is 17.1. The minimum atomic E-state index is -0.0465. The predicted molar refractivity (Wildman–Crippen MR) is 103 cm³/mol. The van der Waals surface area contributed by atoms with Gasteiger partial charge in [0.1, 0.15) is 23.3 Å². The number of carbonyl (C=O) groups is 1. The lowest BCUT2D eigenvalue weighted by Gasteiger charge is -2.36. The van der Waals surface area contributed by atoms with E-state index in [4.69, 9.17) is 9.26 Å². The van der Waals surface area contributed by atoms with E-state index in [2.05, 4.69) is 10.1 Å². The fourth-order valence-electron chi connectivity index (χ4n) is 3.40. The Kier molecular flexibility index (Phi) is 4.78. The lowest BCUT2D eigenvalue weighted by Crippen LogP contribution is -2.48. The van der Waals surface area contributed by atoms with Crippen molar-refractivity contribution < 1.29 is 14.1 Å². The summed E-state index contributed by atoms with van der Waals surface area (Å²) in [6.45, 7) is 2.77. The first-order valence-corrected chi connectivity index (χ1v) is 8.95. The number of aromatic nitrogens is 1. The van der Waals surface area contributed by atoms with E-state index in [0.29, 0.717) is 24.3 Å². The SMILES string of the molecule is COc1ccccc1N1CCN(C(=O)c2conc2-c2ccccc2)CC1. The zero-order valence-electron chi connectivity index (χ0n) is 15.2. The van der Waals surface area contributed by atoms with Crippen LogP contribution in [0.3, 0.4) is 0 Å². The van der Waals surface area contributed by atoms with Crippen molar-refractivity contribution in [1.82, 2.24) is 10.1 Å². The first-order valence-electron chi connectivity index (χ1n) is 8.95. The van der Waals surface area contributed by atoms with Gasteiger partial charge in [0.05, 0.1) is 12.8 Å². The van der Waals surface area contributed by atoms with Crippen molar-refractivity contribution in [3.05, 3.63) is 66.4 Å². The minimum absolute atomic E-state index is 0.0465. The third kappa shape index (κ3) is 3.38. The summed E-state index contributed by atoms with van der Waals surface area (Å²) in [6, 6.07) is 17.6. The molecular formula is C21H21N3O3. The van der Waals surface area contributed by atoms with Gasteiger partial charge in [0, 0.05) is 31.7 Å². The van der Waals surface area contributed by atoms with Crippen molar-refractivity contribution in [1.29, 1.82) is 0 Å². The van der Waals surface area contributed by atoms with E-state index >= 15 is 0 Å². The summed E-state index contributed by atoms with van der Waals surface area (Å²) in [5.41, 5.74) is 3.03. The third-order valence-corrected chi connectivity index (χ3v) is 4.84. The topological polar surface area (TPSA) is 58.8 Å². The molecule has 0 bridgehead atoms. The Morgan fingerprint density at radius 2 is 1.70 bits per heavy atom. The zero-order chi connectivity index (χ0) is 18.6. The molecule has 6 heteroatoms. The van der Waals surface area contributed by atoms with Gasteiger partial charge in [0.25, 0.3) is 5.91 Å². The average Bonchev–Trinajstić information content (AvgIpc) is 3.24. The number of para-hydroxylation sites is 2. The van der Waals surface area contributed by atoms with Gasteiger partial charge in [-0.2, -0.15) is 0 Å². The normalized spacial score (nSPS) is 14.3. The number of hydrogen-bond donors (Lipinski definition) is 0. The molecule has 2 heterocycles. The Morgan fingerprint density at radius 3 is 2.44 bits per heavy atom. The molecular weight excluding hydrogens is 342 g/mol. The van der Waals surface area contributed by atoms with Crippen molar-refractivity contribution in [2.24, 2.45) is 0 Å². The molecule has 0 spiro atoms. The van der Waals surface area contributed by atoms with Crippen molar-refractivity contribution in [2.45, 2.75) is 0 Å². The number of piperazine rings is 1. The molecule has 0 N–H and O–H groups in total. The number of ether oxygens (including phenoxy) is 1. The van der Waals surface area contributed by atoms with Crippen LogP contribution >= 0.6 is 0 Å². The summed E-state index contributed by atoms with van der Waals surface area (Å²) in [4.78, 5) is 17.1. The molecule has 0 radical (unpaired) electrons. The van der Waals surface area contributed by atoms with Gasteiger partial charge in [-0.25, -0.2) is 0 Å². The second-order valence-corrected chi connectivity index (χ2v) is 6.39. The number of benzene rings is 2. The van der Waals surface area contributed by atoms with Crippen LogP contribution in [-0.4, -0.2) is 49.3 Å². The highest BCUT2D eigenvalue weighted by atomic mass is 16.5. The monoisotopic (exact) mass is 363 g/mol. The molecule has 4 rings (SSSR count). The summed E-state index contributed by atoms with van der Waals surface area (Å²) in [6.07, 6.45) is 1.44. The first-order chi connectivity index (χ1) is 13.3. The van der Waals surface area contributed by atoms with Crippen LogP contribution in [0.4, 0.5) is 5.69 Å². The van der Waals surface area contributed by atoms with Gasteiger partial charge < -0.3 is 19.1 Å². The van der Waals surface area contributed by atoms with Gasteiger partial charge in [-0.3, -0.25) is 4.79 Å². The lowest BCUT2D eigenvalue weighted by molar-refractivity contribution is 0.0746. The van der Waals surface area contributed by atoms with Gasteiger partial charge in [0.15, 0.2) is 0 Å². The summed E-state index contributed by atoms with van der Waals surface area (Å²) in [7, 11) is 1.68. The second-order valence-electron chi connectivity index (χ2n) is 6.39. The summed E-state index contributed by atoms with van der Waals surface area (Å²) < 4.78 is 10.6. The highest BCUT2D eigenvalue weighted by Gasteiger charge is 2.27. The van der Waals surface area contributed by atoms with E-state index in [0.717, 1.165) is 30.1 Å². The molecule has 138 valence electrons. The smallest absolute Gasteiger partial charge is 0.259 e. The Labute approximate surface area is 157 Å². The largest absolute Gasteiger partial charge is 0.495 e. The molecule has 1 saturated heterocycles. The van der Waals surface area contributed by atoms with Crippen molar-refractivity contribution >= 4 is 11.6 Å². The average molecular weight is 363 g/mol. The molecule has 1 fully saturated rings. The van der Waals surface area contributed by atoms with E-state index in [9.17, 15) is 4.79 Å². The highest BCUT2D eigenvalue weighted by molar-refractivity contribution is 5.99. The van der Waals surface area contributed by atoms with Gasteiger partial charge in [-0.1, -0.05) is 47.6 Å². The molecule has 1 amide bonds. The number of amides is 1. The molecule has 6 nitrogen and oxygen atoms in total. The van der Waals surface area contributed by atoms with Crippen LogP contribution in [0.5, 0.6) is 5.75 Å². The predicted octanol–water partition coefficient (Wildman–Crippen LogP) is 3.31. The fourth-order valence-corrected chi connectivity index (χ4v) is 3.40. The molecule has 2 aromatic carbocycles. The molecule has 27 heavy (non-hydrogen) atoms. The Bertz CT molecular complexity index is 915. The van der Waals surface area contributed by atoms with Crippen LogP contribution in [0.25, 0.3) is 11.3 Å². The Hall–Kier alpha value is -3.28. The van der Waals surface area contributed by atoms with E-state index in [1.807, 2.05) is 59.5 Å². The second kappa shape index (κ2) is 7.53. The molecule has 0 unspecified atom stereocenters. The van der Waals surface area contributed by atoms with Crippen molar-refractivity contribution in [3.63, 3.8) is 0 Å². The molecule has 0 atom stereocenters. The molecule has 1 aliphatic rings. The maximum Gasteiger partial charge on any atom is 0.259 e. The minimum Gasteiger partial charge on any atom is -0.495 e. The maximum atomic E-state index is 13.0. The van der Waals surface area contributed by atoms with Gasteiger partial charge in [0.2, 0.25) is 0 Å². The van der Waals surface area contributed by atoms with E-state index in [1.54, 1.807) is 7.11 Å². The summed E-state index contributed by atoms with van der Waals surface area (Å²) in [5.74, 6) is 0.803. The van der Waals surface area contributed by atoms with Crippen LogP contribution in [0.2, 0.25) is 0 Å². The third-order valence-electron chi connectivity index (χ3n) is 4.84. The van der Waals surface area contributed by atoms with Crippen LogP contribution in [0.15, 0.2) is 65.4 Å². The molecule has 0 saturated carbocycles. The standard InChI is InChI=1S/C21H21N3O3/c1-26-19-10-6-5-9-18(19)23-11-13-24(14-12-23)21(25)17-15-27-22-20(17)16-7-3-2-4-8-16/h2-10,15H,11-14H2,1H3. The van der Waals surface area contributed by atoms with E-state index < -0.39 is 0 Å². The van der Waals surface area contributed by atoms with E-state index in [-0.39, 0.29) is 5.91 Å². The quantitative estimate of drug-likeness (QED) is 0.712. The highest BCUT2D eigenvalue weighted by Crippen LogP contribution is 2.29. The molecule has 0 aliphatic carbocycles. The number of carbonyl (C=O) groups excluding carboxylic acids is 1. The number of nitrogens with zero attached hydrogens (tertiary/aromatic N) is 3.